The van der Waals surface area contributed by atoms with Crippen LogP contribution in [0.2, 0.25) is 0 Å². The van der Waals surface area contributed by atoms with Crippen molar-refractivity contribution in [3.05, 3.63) is 30.6 Å². The van der Waals surface area contributed by atoms with Crippen LogP contribution < -0.4 is 5.32 Å². The summed E-state index contributed by atoms with van der Waals surface area (Å²) in [6, 6.07) is 1.99. The van der Waals surface area contributed by atoms with Crippen molar-refractivity contribution in [1.29, 1.82) is 0 Å². The maximum absolute atomic E-state index is 12.0. The summed E-state index contributed by atoms with van der Waals surface area (Å²) in [5, 5.41) is 10.0. The monoisotopic (exact) mass is 248 g/mol. The van der Waals surface area contributed by atoms with Gasteiger partial charge in [-0.05, 0) is 18.9 Å². The molecule has 1 unspecified atom stereocenters. The second-order valence-electron chi connectivity index (χ2n) is 4.61. The Hall–Kier alpha value is -1.62. The number of likely N-dealkylation sites (tertiary alicyclic amines) is 1. The van der Waals surface area contributed by atoms with E-state index in [0.717, 1.165) is 31.6 Å². The predicted octanol–water partition coefficient (Wildman–Crippen LogP) is 0.891. The normalized spacial score (nSPS) is 19.8. The standard InChI is InChI=1S/C13H20N4O/c1-2-6-14-9-13(18)17-8-3-4-11(10-17)12-5-7-15-16-12/h2,5,7,11,14H,1,3-4,6,8-10H2,(H,15,16). The fourth-order valence-corrected chi connectivity index (χ4v) is 2.34. The average molecular weight is 248 g/mol. The summed E-state index contributed by atoms with van der Waals surface area (Å²) in [6.45, 7) is 6.33. The third kappa shape index (κ3) is 3.20. The van der Waals surface area contributed by atoms with Crippen molar-refractivity contribution in [2.45, 2.75) is 18.8 Å². The van der Waals surface area contributed by atoms with Gasteiger partial charge in [-0.25, -0.2) is 0 Å². The highest BCUT2D eigenvalue weighted by atomic mass is 16.2. The molecule has 2 heterocycles. The first-order valence-electron chi connectivity index (χ1n) is 6.40. The molecule has 0 aromatic carbocycles. The van der Waals surface area contributed by atoms with Crippen LogP contribution >= 0.6 is 0 Å². The van der Waals surface area contributed by atoms with Crippen LogP contribution in [0.3, 0.4) is 0 Å². The van der Waals surface area contributed by atoms with Gasteiger partial charge in [-0.2, -0.15) is 5.10 Å². The van der Waals surface area contributed by atoms with Crippen molar-refractivity contribution in [3.63, 3.8) is 0 Å². The summed E-state index contributed by atoms with van der Waals surface area (Å²) in [5.41, 5.74) is 1.13. The number of nitrogens with zero attached hydrogens (tertiary/aromatic N) is 2. The van der Waals surface area contributed by atoms with E-state index in [2.05, 4.69) is 22.1 Å². The molecule has 98 valence electrons. The molecule has 1 aromatic heterocycles. The lowest BCUT2D eigenvalue weighted by Gasteiger charge is -2.32. The van der Waals surface area contributed by atoms with Crippen LogP contribution in [0.25, 0.3) is 0 Å². The number of H-pyrrole nitrogens is 1. The molecule has 0 spiro atoms. The van der Waals surface area contributed by atoms with Crippen LogP contribution in [-0.2, 0) is 4.79 Å². The third-order valence-corrected chi connectivity index (χ3v) is 3.30. The Morgan fingerprint density at radius 1 is 1.72 bits per heavy atom. The summed E-state index contributed by atoms with van der Waals surface area (Å²) in [6.07, 6.45) is 5.70. The summed E-state index contributed by atoms with van der Waals surface area (Å²) >= 11 is 0. The van der Waals surface area contributed by atoms with Gasteiger partial charge in [-0.3, -0.25) is 9.89 Å². The molecular formula is C13H20N4O. The minimum absolute atomic E-state index is 0.168. The van der Waals surface area contributed by atoms with Gasteiger partial charge >= 0.3 is 0 Å². The van der Waals surface area contributed by atoms with E-state index in [1.54, 1.807) is 12.3 Å². The van der Waals surface area contributed by atoms with Gasteiger partial charge in [-0.15, -0.1) is 6.58 Å². The number of piperidine rings is 1. The van der Waals surface area contributed by atoms with Crippen molar-refractivity contribution in [2.24, 2.45) is 0 Å². The van der Waals surface area contributed by atoms with E-state index in [-0.39, 0.29) is 5.91 Å². The molecule has 0 bridgehead atoms. The Morgan fingerprint density at radius 2 is 2.61 bits per heavy atom. The lowest BCUT2D eigenvalue weighted by Crippen LogP contribution is -2.43. The second-order valence-corrected chi connectivity index (χ2v) is 4.61. The van der Waals surface area contributed by atoms with Crippen LogP contribution in [-0.4, -0.2) is 47.2 Å². The van der Waals surface area contributed by atoms with E-state index >= 15 is 0 Å². The van der Waals surface area contributed by atoms with Crippen molar-refractivity contribution < 1.29 is 4.79 Å². The zero-order valence-electron chi connectivity index (χ0n) is 10.6. The number of nitrogens with one attached hydrogen (secondary N) is 2. The minimum Gasteiger partial charge on any atom is -0.341 e. The van der Waals surface area contributed by atoms with Crippen molar-refractivity contribution in [3.8, 4) is 0 Å². The molecule has 1 fully saturated rings. The molecule has 5 heteroatoms. The highest BCUT2D eigenvalue weighted by Crippen LogP contribution is 2.24. The van der Waals surface area contributed by atoms with Gasteiger partial charge in [0.25, 0.3) is 0 Å². The van der Waals surface area contributed by atoms with Crippen molar-refractivity contribution in [2.75, 3.05) is 26.2 Å². The number of hydrogen-bond donors (Lipinski definition) is 2. The number of aromatic nitrogens is 2. The van der Waals surface area contributed by atoms with E-state index in [4.69, 9.17) is 0 Å². The fourth-order valence-electron chi connectivity index (χ4n) is 2.34. The lowest BCUT2D eigenvalue weighted by molar-refractivity contribution is -0.131. The first kappa shape index (κ1) is 12.8. The molecule has 18 heavy (non-hydrogen) atoms. The summed E-state index contributed by atoms with van der Waals surface area (Å²) < 4.78 is 0. The third-order valence-electron chi connectivity index (χ3n) is 3.30. The molecule has 1 atom stereocenters. The van der Waals surface area contributed by atoms with Gasteiger partial charge in [0.1, 0.15) is 0 Å². The van der Waals surface area contributed by atoms with Crippen LogP contribution in [0, 0.1) is 0 Å². The van der Waals surface area contributed by atoms with Gasteiger partial charge in [0.15, 0.2) is 0 Å². The minimum atomic E-state index is 0.168. The predicted molar refractivity (Wildman–Crippen MR) is 70.2 cm³/mol. The van der Waals surface area contributed by atoms with Crippen LogP contribution in [0.4, 0.5) is 0 Å². The summed E-state index contributed by atoms with van der Waals surface area (Å²) in [7, 11) is 0. The molecule has 1 aliphatic rings. The molecule has 2 N–H and O–H groups in total. The Balaban J connectivity index is 1.86. The van der Waals surface area contributed by atoms with Gasteiger partial charge < -0.3 is 10.2 Å². The highest BCUT2D eigenvalue weighted by Gasteiger charge is 2.24. The quantitative estimate of drug-likeness (QED) is 0.601. The van der Waals surface area contributed by atoms with E-state index in [1.807, 2.05) is 11.0 Å². The van der Waals surface area contributed by atoms with E-state index in [9.17, 15) is 4.79 Å². The molecule has 0 aliphatic carbocycles. The SMILES string of the molecule is C=CCNCC(=O)N1CCCC(c2ccn[nH]2)C1. The molecule has 1 aromatic rings. The lowest BCUT2D eigenvalue weighted by atomic mass is 9.95. The van der Waals surface area contributed by atoms with Crippen molar-refractivity contribution in [1.82, 2.24) is 20.4 Å². The number of amides is 1. The fraction of sp³-hybridized carbons (Fsp3) is 0.538. The smallest absolute Gasteiger partial charge is 0.236 e. The largest absolute Gasteiger partial charge is 0.341 e. The Labute approximate surface area is 107 Å². The average Bonchev–Trinajstić information content (AvgIpc) is 2.93. The van der Waals surface area contributed by atoms with Crippen molar-refractivity contribution >= 4 is 5.91 Å². The van der Waals surface area contributed by atoms with Gasteiger partial charge in [0, 0.05) is 37.4 Å². The number of carbonyl (C=O) groups is 1. The molecule has 1 aliphatic heterocycles. The first-order chi connectivity index (χ1) is 8.81. The molecular weight excluding hydrogens is 228 g/mol. The molecule has 2 rings (SSSR count). The first-order valence-corrected chi connectivity index (χ1v) is 6.40. The van der Waals surface area contributed by atoms with Gasteiger partial charge in [0.05, 0.1) is 6.54 Å². The van der Waals surface area contributed by atoms with Gasteiger partial charge in [-0.1, -0.05) is 6.08 Å². The Morgan fingerprint density at radius 3 is 3.33 bits per heavy atom. The Kier molecular flexibility index (Phi) is 4.52. The number of aromatic amines is 1. The zero-order valence-corrected chi connectivity index (χ0v) is 10.6. The zero-order chi connectivity index (χ0) is 12.8. The Bertz CT molecular complexity index is 388. The molecule has 1 saturated heterocycles. The van der Waals surface area contributed by atoms with E-state index in [0.29, 0.717) is 19.0 Å². The molecule has 0 saturated carbocycles. The molecule has 5 nitrogen and oxygen atoms in total. The van der Waals surface area contributed by atoms with E-state index in [1.165, 1.54) is 0 Å². The highest BCUT2D eigenvalue weighted by molar-refractivity contribution is 5.78. The van der Waals surface area contributed by atoms with Crippen LogP contribution in [0.5, 0.6) is 0 Å². The number of rotatable bonds is 5. The number of carbonyl (C=O) groups excluding carboxylic acids is 1. The second kappa shape index (κ2) is 6.35. The van der Waals surface area contributed by atoms with Gasteiger partial charge in [0.2, 0.25) is 5.91 Å². The maximum Gasteiger partial charge on any atom is 0.236 e. The van der Waals surface area contributed by atoms with Crippen LogP contribution in [0.15, 0.2) is 24.9 Å². The maximum atomic E-state index is 12.0. The molecule has 0 radical (unpaired) electrons. The topological polar surface area (TPSA) is 61.0 Å². The number of hydrogen-bond acceptors (Lipinski definition) is 3. The van der Waals surface area contributed by atoms with Crippen LogP contribution in [0.1, 0.15) is 24.5 Å². The molecule has 1 amide bonds. The summed E-state index contributed by atoms with van der Waals surface area (Å²) in [5.74, 6) is 0.561. The summed E-state index contributed by atoms with van der Waals surface area (Å²) in [4.78, 5) is 13.9. The van der Waals surface area contributed by atoms with E-state index < -0.39 is 0 Å².